The summed E-state index contributed by atoms with van der Waals surface area (Å²) in [6, 6.07) is -2.32. The van der Waals surface area contributed by atoms with Crippen LogP contribution < -0.4 is 5.32 Å². The molecule has 1 aliphatic heterocycles. The largest absolute Gasteiger partial charge is 0.395 e. The van der Waals surface area contributed by atoms with Gasteiger partial charge < -0.3 is 30.5 Å². The SMILES string of the molecule is CC(=O)N[C@@H]1[C@@H](O)[C@H](O)[C@@H](CO)N(CCn2cc(COCC34CC5CC(CC(C5)C3)C4)nn2)[C@@H]1CO. The number of amides is 1. The molecule has 1 amide bonds. The fourth-order valence-electron chi connectivity index (χ4n) is 8.07. The molecule has 5 aliphatic rings. The maximum Gasteiger partial charge on any atom is 0.217 e. The highest BCUT2D eigenvalue weighted by Crippen LogP contribution is 2.60. The van der Waals surface area contributed by atoms with E-state index < -0.39 is 36.9 Å². The normalized spacial score (nSPS) is 40.0. The molecular formula is C25H41N5O6. The monoisotopic (exact) mass is 507 g/mol. The Balaban J connectivity index is 1.16. The second-order valence-electron chi connectivity index (χ2n) is 11.8. The van der Waals surface area contributed by atoms with Crippen molar-refractivity contribution in [3.8, 4) is 0 Å². The van der Waals surface area contributed by atoms with Crippen LogP contribution in [-0.4, -0.2) is 103 Å². The Labute approximate surface area is 211 Å². The van der Waals surface area contributed by atoms with E-state index >= 15 is 0 Å². The van der Waals surface area contributed by atoms with Crippen molar-refractivity contribution in [2.45, 2.75) is 88.9 Å². The van der Waals surface area contributed by atoms with Crippen molar-refractivity contribution in [3.05, 3.63) is 11.9 Å². The van der Waals surface area contributed by atoms with Gasteiger partial charge in [0.1, 0.15) is 11.8 Å². The molecule has 5 fully saturated rings. The lowest BCUT2D eigenvalue weighted by Gasteiger charge is -2.56. The number of aliphatic hydroxyl groups excluding tert-OH is 4. The number of nitrogens with zero attached hydrogens (tertiary/aromatic N) is 4. The molecule has 6 rings (SSSR count). The predicted octanol–water partition coefficient (Wildman–Crippen LogP) is -0.725. The van der Waals surface area contributed by atoms with Crippen LogP contribution >= 0.6 is 0 Å². The molecule has 1 saturated heterocycles. The van der Waals surface area contributed by atoms with Crippen molar-refractivity contribution in [1.82, 2.24) is 25.2 Å². The van der Waals surface area contributed by atoms with Crippen molar-refractivity contribution in [3.63, 3.8) is 0 Å². The Bertz CT molecular complexity index is 876. The average molecular weight is 508 g/mol. The molecule has 2 heterocycles. The van der Waals surface area contributed by atoms with E-state index in [0.717, 1.165) is 30.1 Å². The third kappa shape index (κ3) is 5.19. The van der Waals surface area contributed by atoms with E-state index in [9.17, 15) is 25.2 Å². The fraction of sp³-hybridized carbons (Fsp3) is 0.880. The van der Waals surface area contributed by atoms with Gasteiger partial charge >= 0.3 is 0 Å². The highest BCUT2D eigenvalue weighted by molar-refractivity contribution is 5.73. The highest BCUT2D eigenvalue weighted by atomic mass is 16.5. The van der Waals surface area contributed by atoms with Gasteiger partial charge in [-0.2, -0.15) is 0 Å². The second-order valence-corrected chi connectivity index (χ2v) is 11.8. The first-order valence-corrected chi connectivity index (χ1v) is 13.4. The van der Waals surface area contributed by atoms with E-state index in [2.05, 4.69) is 15.6 Å². The Morgan fingerprint density at radius 2 is 1.69 bits per heavy atom. The number of hydrogen-bond acceptors (Lipinski definition) is 9. The summed E-state index contributed by atoms with van der Waals surface area (Å²) < 4.78 is 7.84. The second kappa shape index (κ2) is 10.6. The molecule has 5 atom stereocenters. The van der Waals surface area contributed by atoms with Crippen LogP contribution in [-0.2, 0) is 22.7 Å². The summed E-state index contributed by atoms with van der Waals surface area (Å²) in [5, 5.41) is 52.0. The van der Waals surface area contributed by atoms with Gasteiger partial charge in [0.05, 0.1) is 63.4 Å². The first-order valence-electron chi connectivity index (χ1n) is 13.4. The van der Waals surface area contributed by atoms with E-state index in [4.69, 9.17) is 4.74 Å². The van der Waals surface area contributed by atoms with Crippen molar-refractivity contribution in [2.24, 2.45) is 23.2 Å². The number of nitrogens with one attached hydrogen (secondary N) is 1. The molecule has 4 bridgehead atoms. The first-order chi connectivity index (χ1) is 17.3. The molecule has 11 heteroatoms. The fourth-order valence-corrected chi connectivity index (χ4v) is 8.07. The van der Waals surface area contributed by atoms with Crippen LogP contribution in [0.2, 0.25) is 0 Å². The molecule has 0 unspecified atom stereocenters. The summed E-state index contributed by atoms with van der Waals surface area (Å²) in [6.07, 6.45) is 7.42. The van der Waals surface area contributed by atoms with Gasteiger partial charge in [-0.05, 0) is 61.7 Å². The molecule has 0 aromatic carbocycles. The first kappa shape index (κ1) is 26.0. The van der Waals surface area contributed by atoms with Crippen molar-refractivity contribution < 1.29 is 30.0 Å². The number of carbonyl (C=O) groups excluding carboxylic acids is 1. The molecule has 4 saturated carbocycles. The zero-order valence-electron chi connectivity index (χ0n) is 21.1. The lowest BCUT2D eigenvalue weighted by Crippen LogP contribution is -2.72. The number of piperidine rings is 1. The summed E-state index contributed by atoms with van der Waals surface area (Å²) in [4.78, 5) is 13.4. The number of likely N-dealkylation sites (tertiary alicyclic amines) is 1. The van der Waals surface area contributed by atoms with E-state index in [-0.39, 0.29) is 12.5 Å². The molecule has 202 valence electrons. The summed E-state index contributed by atoms with van der Waals surface area (Å²) in [6.45, 7) is 2.49. The van der Waals surface area contributed by atoms with Crippen LogP contribution in [0.15, 0.2) is 6.20 Å². The van der Waals surface area contributed by atoms with Gasteiger partial charge in [0, 0.05) is 13.5 Å². The third-order valence-corrected chi connectivity index (χ3v) is 9.12. The lowest BCUT2D eigenvalue weighted by atomic mass is 9.50. The van der Waals surface area contributed by atoms with Crippen LogP contribution in [0.25, 0.3) is 0 Å². The van der Waals surface area contributed by atoms with Crippen molar-refractivity contribution in [1.29, 1.82) is 0 Å². The number of carbonyl (C=O) groups is 1. The van der Waals surface area contributed by atoms with E-state index in [1.807, 2.05) is 6.20 Å². The van der Waals surface area contributed by atoms with Crippen molar-refractivity contribution >= 4 is 5.91 Å². The molecule has 0 spiro atoms. The predicted molar refractivity (Wildman–Crippen MR) is 128 cm³/mol. The van der Waals surface area contributed by atoms with Gasteiger partial charge in [0.25, 0.3) is 0 Å². The molecule has 0 radical (unpaired) electrons. The Kier molecular flexibility index (Phi) is 7.67. The van der Waals surface area contributed by atoms with E-state index in [0.29, 0.717) is 25.1 Å². The standard InChI is InChI=1S/C25H41N5O6/c1-15(33)26-22-20(11-31)30(21(12-32)23(34)24(22)35)3-2-29-10-19(27-28-29)13-36-14-25-7-16-4-17(8-25)6-18(5-16)9-25/h10,16-18,20-24,31-32,34-35H,2-9,11-14H2,1H3,(H,26,33)/t16?,17?,18?,20-,21-,22+,23-,24-,25?/m1/s1. The highest BCUT2D eigenvalue weighted by Gasteiger charge is 2.51. The quantitative estimate of drug-likeness (QED) is 0.276. The lowest BCUT2D eigenvalue weighted by molar-refractivity contribution is -0.145. The zero-order chi connectivity index (χ0) is 25.4. The van der Waals surface area contributed by atoms with Crippen LogP contribution in [0.4, 0.5) is 0 Å². The number of aliphatic hydroxyl groups is 4. The molecular weight excluding hydrogens is 466 g/mol. The summed E-state index contributed by atoms with van der Waals surface area (Å²) in [7, 11) is 0. The van der Waals surface area contributed by atoms with Gasteiger partial charge in [-0.1, -0.05) is 5.21 Å². The molecule has 1 aromatic rings. The van der Waals surface area contributed by atoms with Crippen LogP contribution in [0.5, 0.6) is 0 Å². The summed E-state index contributed by atoms with van der Waals surface area (Å²) in [5.41, 5.74) is 1.11. The number of aromatic nitrogens is 3. The minimum Gasteiger partial charge on any atom is -0.395 e. The molecule has 4 aliphatic carbocycles. The Hall–Kier alpha value is -1.63. The van der Waals surface area contributed by atoms with Gasteiger partial charge in [-0.25, -0.2) is 0 Å². The van der Waals surface area contributed by atoms with Gasteiger partial charge in [-0.3, -0.25) is 14.4 Å². The molecule has 5 N–H and O–H groups in total. The average Bonchev–Trinajstić information content (AvgIpc) is 3.27. The maximum absolute atomic E-state index is 11.6. The summed E-state index contributed by atoms with van der Waals surface area (Å²) >= 11 is 0. The molecule has 11 nitrogen and oxygen atoms in total. The van der Waals surface area contributed by atoms with E-state index in [1.165, 1.54) is 45.4 Å². The molecule has 1 aromatic heterocycles. The number of ether oxygens (including phenoxy) is 1. The maximum atomic E-state index is 11.6. The smallest absolute Gasteiger partial charge is 0.217 e. The number of hydrogen-bond donors (Lipinski definition) is 5. The van der Waals surface area contributed by atoms with Gasteiger partial charge in [0.15, 0.2) is 0 Å². The van der Waals surface area contributed by atoms with Gasteiger partial charge in [0.2, 0.25) is 5.91 Å². The van der Waals surface area contributed by atoms with Gasteiger partial charge in [-0.15, -0.1) is 5.10 Å². The van der Waals surface area contributed by atoms with E-state index in [1.54, 1.807) is 9.58 Å². The Morgan fingerprint density at radius 1 is 1.06 bits per heavy atom. The van der Waals surface area contributed by atoms with Crippen LogP contribution in [0.3, 0.4) is 0 Å². The Morgan fingerprint density at radius 3 is 2.28 bits per heavy atom. The van der Waals surface area contributed by atoms with Crippen LogP contribution in [0.1, 0.15) is 51.1 Å². The minimum atomic E-state index is -1.30. The van der Waals surface area contributed by atoms with Crippen molar-refractivity contribution in [2.75, 3.05) is 26.4 Å². The molecule has 36 heavy (non-hydrogen) atoms. The minimum absolute atomic E-state index is 0.327. The summed E-state index contributed by atoms with van der Waals surface area (Å²) in [5.74, 6) is 2.31. The topological polar surface area (TPSA) is 153 Å². The van der Waals surface area contributed by atoms with Crippen LogP contribution in [0, 0.1) is 23.2 Å². The third-order valence-electron chi connectivity index (χ3n) is 9.12. The zero-order valence-corrected chi connectivity index (χ0v) is 21.1. The number of rotatable bonds is 10.